The molecule has 1 aliphatic carbocycles. The van der Waals surface area contributed by atoms with Gasteiger partial charge in [-0.05, 0) is 54.2 Å². The van der Waals surface area contributed by atoms with Gasteiger partial charge in [0.15, 0.2) is 0 Å². The number of rotatable bonds is 13. The van der Waals surface area contributed by atoms with E-state index in [0.717, 1.165) is 48.8 Å². The van der Waals surface area contributed by atoms with Crippen molar-refractivity contribution in [2.24, 2.45) is 17.7 Å². The van der Waals surface area contributed by atoms with Crippen LogP contribution < -0.4 is 11.3 Å². The van der Waals surface area contributed by atoms with Gasteiger partial charge in [0.2, 0.25) is 5.91 Å². The van der Waals surface area contributed by atoms with Gasteiger partial charge < -0.3 is 18.9 Å². The van der Waals surface area contributed by atoms with Crippen LogP contribution in [0, 0.1) is 11.8 Å². The first kappa shape index (κ1) is 34.3. The lowest BCUT2D eigenvalue weighted by Crippen LogP contribution is -2.54. The fourth-order valence-corrected chi connectivity index (χ4v) is 7.02. The normalized spacial score (nSPS) is 25.8. The van der Waals surface area contributed by atoms with Gasteiger partial charge in [-0.2, -0.15) is 0 Å². The van der Waals surface area contributed by atoms with E-state index in [9.17, 15) is 4.79 Å². The summed E-state index contributed by atoms with van der Waals surface area (Å²) in [6, 6.07) is 30.9. The van der Waals surface area contributed by atoms with E-state index >= 15 is 0 Å². The highest BCUT2D eigenvalue weighted by molar-refractivity contribution is 5.75. The van der Waals surface area contributed by atoms with Gasteiger partial charge in [-0.1, -0.05) is 117 Å². The Bertz CT molecular complexity index is 1260. The summed E-state index contributed by atoms with van der Waals surface area (Å²) in [5.74, 6) is 6.09. The summed E-state index contributed by atoms with van der Waals surface area (Å²) in [5.41, 5.74) is 5.74. The van der Waals surface area contributed by atoms with Crippen LogP contribution in [-0.2, 0) is 43.6 Å². The predicted octanol–water partition coefficient (Wildman–Crippen LogP) is 7.28. The van der Waals surface area contributed by atoms with Crippen LogP contribution in [0.2, 0.25) is 0 Å². The molecule has 0 radical (unpaired) electrons. The van der Waals surface area contributed by atoms with Crippen molar-refractivity contribution >= 4 is 5.91 Å². The molecule has 5 rings (SSSR count). The Kier molecular flexibility index (Phi) is 14.1. The molecule has 7 heteroatoms. The molecular weight excluding hydrogens is 576 g/mol. The number of carbonyl (C=O) groups excluding carboxylic acids is 1. The maximum absolute atomic E-state index is 12.2. The molecule has 3 aromatic carbocycles. The number of nitrogens with two attached hydrogens (primary N) is 1. The predicted molar refractivity (Wildman–Crippen MR) is 180 cm³/mol. The molecule has 0 spiro atoms. The Morgan fingerprint density at radius 1 is 0.717 bits per heavy atom. The van der Waals surface area contributed by atoms with Crippen molar-refractivity contribution in [1.29, 1.82) is 0 Å². The average molecular weight is 629 g/mol. The molecule has 2 fully saturated rings. The summed E-state index contributed by atoms with van der Waals surface area (Å²) in [6.07, 6.45) is 9.53. The Morgan fingerprint density at radius 2 is 1.30 bits per heavy atom. The number of ether oxygens (including phenoxy) is 4. The van der Waals surface area contributed by atoms with Crippen LogP contribution >= 0.6 is 0 Å². The summed E-state index contributed by atoms with van der Waals surface area (Å²) >= 11 is 0. The maximum atomic E-state index is 12.2. The van der Waals surface area contributed by atoms with Crippen LogP contribution in [0.4, 0.5) is 0 Å². The molecule has 3 N–H and O–H groups in total. The monoisotopic (exact) mass is 628 g/mol. The van der Waals surface area contributed by atoms with Crippen molar-refractivity contribution in [1.82, 2.24) is 5.43 Å². The number of hydrazine groups is 1. The van der Waals surface area contributed by atoms with E-state index in [0.29, 0.717) is 44.7 Å². The van der Waals surface area contributed by atoms with Crippen molar-refractivity contribution in [3.63, 3.8) is 0 Å². The third-order valence-corrected chi connectivity index (χ3v) is 9.58. The first-order valence-corrected chi connectivity index (χ1v) is 17.3. The van der Waals surface area contributed by atoms with Crippen molar-refractivity contribution in [2.45, 2.75) is 108 Å². The van der Waals surface area contributed by atoms with E-state index in [1.807, 2.05) is 42.5 Å². The summed E-state index contributed by atoms with van der Waals surface area (Å²) in [6.45, 7) is 1.93. The molecule has 2 aliphatic rings. The minimum Gasteiger partial charge on any atom is -0.374 e. The number of carbonyl (C=O) groups is 1. The first-order chi connectivity index (χ1) is 22.7. The topological polar surface area (TPSA) is 92.0 Å². The second-order valence-electron chi connectivity index (χ2n) is 13.0. The molecule has 3 aromatic rings. The lowest BCUT2D eigenvalue weighted by atomic mass is 9.80. The van der Waals surface area contributed by atoms with Crippen molar-refractivity contribution < 1.29 is 23.7 Å². The van der Waals surface area contributed by atoms with Crippen molar-refractivity contribution in [2.75, 3.05) is 6.61 Å². The number of hydrogen-bond acceptors (Lipinski definition) is 6. The molecule has 7 nitrogen and oxygen atoms in total. The third kappa shape index (κ3) is 11.0. The van der Waals surface area contributed by atoms with Crippen molar-refractivity contribution in [3.05, 3.63) is 108 Å². The SMILES string of the molecule is NNC(=O)CC1CCCCCCC(C2CC(OCc3ccccc3)C(OCc3ccccc3)C(COCc3ccccc3)O2)CC1. The number of amides is 1. The summed E-state index contributed by atoms with van der Waals surface area (Å²) < 4.78 is 26.8. The molecule has 6 atom stereocenters. The van der Waals surface area contributed by atoms with Crippen LogP contribution in [0.25, 0.3) is 0 Å². The second-order valence-corrected chi connectivity index (χ2v) is 13.0. The quantitative estimate of drug-likeness (QED) is 0.117. The molecule has 1 amide bonds. The van der Waals surface area contributed by atoms with Crippen LogP contribution in [0.1, 0.15) is 80.9 Å². The zero-order valence-electron chi connectivity index (χ0n) is 27.1. The fourth-order valence-electron chi connectivity index (χ4n) is 7.02. The highest BCUT2D eigenvalue weighted by Crippen LogP contribution is 2.37. The summed E-state index contributed by atoms with van der Waals surface area (Å²) in [5, 5.41) is 0. The van der Waals surface area contributed by atoms with Gasteiger partial charge in [-0.3, -0.25) is 10.2 Å². The Labute approximate surface area is 275 Å². The zero-order valence-corrected chi connectivity index (χ0v) is 27.1. The van der Waals surface area contributed by atoms with E-state index in [-0.39, 0.29) is 30.3 Å². The largest absolute Gasteiger partial charge is 0.374 e. The maximum Gasteiger partial charge on any atom is 0.234 e. The second kappa shape index (κ2) is 18.9. The van der Waals surface area contributed by atoms with E-state index in [2.05, 4.69) is 54.0 Å². The lowest BCUT2D eigenvalue weighted by molar-refractivity contribution is -0.230. The number of benzene rings is 3. The van der Waals surface area contributed by atoms with Gasteiger partial charge in [0.05, 0.1) is 38.6 Å². The lowest BCUT2D eigenvalue weighted by Gasteiger charge is -2.44. The highest BCUT2D eigenvalue weighted by atomic mass is 16.6. The van der Waals surface area contributed by atoms with Crippen LogP contribution in [0.15, 0.2) is 91.0 Å². The van der Waals surface area contributed by atoms with Crippen LogP contribution in [-0.4, -0.2) is 36.9 Å². The molecule has 1 saturated heterocycles. The molecule has 46 heavy (non-hydrogen) atoms. The minimum absolute atomic E-state index is 0.0195. The Hall–Kier alpha value is -3.07. The highest BCUT2D eigenvalue weighted by Gasteiger charge is 2.43. The van der Waals surface area contributed by atoms with E-state index in [1.54, 1.807) is 0 Å². The third-order valence-electron chi connectivity index (χ3n) is 9.58. The summed E-state index contributed by atoms with van der Waals surface area (Å²) in [4.78, 5) is 12.2. The Morgan fingerprint density at radius 3 is 1.93 bits per heavy atom. The zero-order chi connectivity index (χ0) is 31.8. The van der Waals surface area contributed by atoms with E-state index in [1.165, 1.54) is 25.7 Å². The van der Waals surface area contributed by atoms with Crippen molar-refractivity contribution in [3.8, 4) is 0 Å². The molecule has 1 aliphatic heterocycles. The number of hydrogen-bond donors (Lipinski definition) is 2. The van der Waals surface area contributed by atoms with Gasteiger partial charge >= 0.3 is 0 Å². The van der Waals surface area contributed by atoms with Crippen LogP contribution in [0.3, 0.4) is 0 Å². The summed E-state index contributed by atoms with van der Waals surface area (Å²) in [7, 11) is 0. The fraction of sp³-hybridized carbons (Fsp3) is 0.513. The van der Waals surface area contributed by atoms with Gasteiger partial charge in [-0.15, -0.1) is 0 Å². The standard InChI is InChI=1S/C39H52N2O5/c40-41-38(42)24-30-14-6-1-2-13-21-34(23-22-30)35-25-36(44-27-32-17-9-4-10-18-32)39(45-28-33-19-11-5-12-20-33)37(46-35)29-43-26-31-15-7-3-8-16-31/h3-5,7-12,15-20,30,34-37,39H,1-2,6,13-14,21-29,40H2,(H,41,42). The molecule has 0 bridgehead atoms. The molecule has 1 heterocycles. The first-order valence-electron chi connectivity index (χ1n) is 17.3. The molecule has 248 valence electrons. The molecular formula is C39H52N2O5. The molecule has 6 unspecified atom stereocenters. The van der Waals surface area contributed by atoms with Crippen LogP contribution in [0.5, 0.6) is 0 Å². The average Bonchev–Trinajstić information content (AvgIpc) is 3.10. The van der Waals surface area contributed by atoms with E-state index < -0.39 is 0 Å². The van der Waals surface area contributed by atoms with Gasteiger partial charge in [-0.25, -0.2) is 5.84 Å². The Balaban J connectivity index is 1.35. The molecule has 0 aromatic heterocycles. The smallest absolute Gasteiger partial charge is 0.234 e. The van der Waals surface area contributed by atoms with Gasteiger partial charge in [0.1, 0.15) is 12.2 Å². The molecule has 1 saturated carbocycles. The number of nitrogens with one attached hydrogen (secondary N) is 1. The van der Waals surface area contributed by atoms with Gasteiger partial charge in [0, 0.05) is 12.8 Å². The van der Waals surface area contributed by atoms with E-state index in [4.69, 9.17) is 24.8 Å². The van der Waals surface area contributed by atoms with Gasteiger partial charge in [0.25, 0.3) is 0 Å². The minimum atomic E-state index is -0.281.